The molecule has 1 aromatic rings. The number of anilines is 1. The van der Waals surface area contributed by atoms with E-state index in [1.54, 1.807) is 31.4 Å². The first-order valence-electron chi connectivity index (χ1n) is 6.44. The first-order chi connectivity index (χ1) is 9.13. The van der Waals surface area contributed by atoms with Gasteiger partial charge in [-0.05, 0) is 31.7 Å². The van der Waals surface area contributed by atoms with E-state index in [1.165, 1.54) is 0 Å². The number of amides is 1. The number of hydrogen-bond donors (Lipinski definition) is 2. The third-order valence-electron chi connectivity index (χ3n) is 2.82. The zero-order valence-corrected chi connectivity index (χ0v) is 14.1. The molecule has 0 aliphatic rings. The van der Waals surface area contributed by atoms with E-state index >= 15 is 0 Å². The van der Waals surface area contributed by atoms with Crippen LogP contribution in [-0.2, 0) is 4.74 Å². The standard InChI is InChI=1S/C14H23N3O2.2ClH/c1-17(8-4-10-19-2)9-7-16-14(18)12-5-3-6-13(15)11-12;;/h3,5-6,11H,4,7-10,15H2,1-2H3,(H,16,18);2*1H. The number of nitrogens with two attached hydrogens (primary N) is 1. The number of carbonyl (C=O) groups is 1. The van der Waals surface area contributed by atoms with Gasteiger partial charge in [-0.1, -0.05) is 6.07 Å². The quantitative estimate of drug-likeness (QED) is 0.560. The lowest BCUT2D eigenvalue weighted by Gasteiger charge is -2.16. The molecule has 0 heterocycles. The van der Waals surface area contributed by atoms with Gasteiger partial charge in [-0.15, -0.1) is 24.8 Å². The average Bonchev–Trinajstić information content (AvgIpc) is 2.39. The van der Waals surface area contributed by atoms with E-state index in [4.69, 9.17) is 10.5 Å². The van der Waals surface area contributed by atoms with Gasteiger partial charge in [0.15, 0.2) is 0 Å². The van der Waals surface area contributed by atoms with E-state index in [0.717, 1.165) is 26.1 Å². The number of likely N-dealkylation sites (N-methyl/N-ethyl adjacent to an activating group) is 1. The molecule has 1 rings (SSSR count). The smallest absolute Gasteiger partial charge is 0.251 e. The first-order valence-corrected chi connectivity index (χ1v) is 6.44. The number of ether oxygens (including phenoxy) is 1. The fraction of sp³-hybridized carbons (Fsp3) is 0.500. The summed E-state index contributed by atoms with van der Waals surface area (Å²) in [6, 6.07) is 6.98. The van der Waals surface area contributed by atoms with Gasteiger partial charge < -0.3 is 20.7 Å². The van der Waals surface area contributed by atoms with Gasteiger partial charge in [-0.2, -0.15) is 0 Å². The predicted molar refractivity (Wildman–Crippen MR) is 91.7 cm³/mol. The van der Waals surface area contributed by atoms with Crippen LogP contribution in [0.4, 0.5) is 5.69 Å². The lowest BCUT2D eigenvalue weighted by Crippen LogP contribution is -2.33. The Labute approximate surface area is 139 Å². The zero-order chi connectivity index (χ0) is 14.1. The molecule has 3 N–H and O–H groups in total. The van der Waals surface area contributed by atoms with Gasteiger partial charge in [-0.3, -0.25) is 4.79 Å². The lowest BCUT2D eigenvalue weighted by atomic mass is 10.2. The minimum Gasteiger partial charge on any atom is -0.399 e. The monoisotopic (exact) mass is 337 g/mol. The Morgan fingerprint density at radius 1 is 1.33 bits per heavy atom. The molecule has 0 aromatic heterocycles. The molecule has 0 spiro atoms. The van der Waals surface area contributed by atoms with Crippen LogP contribution >= 0.6 is 24.8 Å². The first kappa shape index (κ1) is 22.3. The van der Waals surface area contributed by atoms with Crippen LogP contribution in [0.15, 0.2) is 24.3 Å². The maximum Gasteiger partial charge on any atom is 0.251 e. The Morgan fingerprint density at radius 3 is 2.67 bits per heavy atom. The molecule has 0 unspecified atom stereocenters. The third kappa shape index (κ3) is 9.52. The van der Waals surface area contributed by atoms with Crippen molar-refractivity contribution >= 4 is 36.4 Å². The highest BCUT2D eigenvalue weighted by Crippen LogP contribution is 2.05. The summed E-state index contributed by atoms with van der Waals surface area (Å²) in [5.41, 5.74) is 6.84. The van der Waals surface area contributed by atoms with Crippen LogP contribution in [0.3, 0.4) is 0 Å². The molecule has 21 heavy (non-hydrogen) atoms. The Kier molecular flexibility index (Phi) is 13.5. The molecule has 0 atom stereocenters. The molecule has 0 saturated heterocycles. The number of carbonyl (C=O) groups excluding carboxylic acids is 1. The van der Waals surface area contributed by atoms with Crippen molar-refractivity contribution in [2.24, 2.45) is 0 Å². The number of benzene rings is 1. The van der Waals surface area contributed by atoms with E-state index in [9.17, 15) is 4.79 Å². The summed E-state index contributed by atoms with van der Waals surface area (Å²) in [7, 11) is 3.73. The van der Waals surface area contributed by atoms with Crippen LogP contribution in [0, 0.1) is 0 Å². The maximum atomic E-state index is 11.8. The van der Waals surface area contributed by atoms with Crippen molar-refractivity contribution in [1.82, 2.24) is 10.2 Å². The molecule has 0 saturated carbocycles. The molecule has 0 aliphatic heterocycles. The van der Waals surface area contributed by atoms with Crippen molar-refractivity contribution in [1.29, 1.82) is 0 Å². The second-order valence-corrected chi connectivity index (χ2v) is 4.53. The maximum absolute atomic E-state index is 11.8. The number of methoxy groups -OCH3 is 1. The van der Waals surface area contributed by atoms with E-state index in [2.05, 4.69) is 10.2 Å². The highest BCUT2D eigenvalue weighted by Gasteiger charge is 2.05. The van der Waals surface area contributed by atoms with E-state index in [-0.39, 0.29) is 30.7 Å². The predicted octanol–water partition coefficient (Wildman–Crippen LogP) is 1.81. The van der Waals surface area contributed by atoms with E-state index in [1.807, 2.05) is 7.05 Å². The normalized spacial score (nSPS) is 9.67. The van der Waals surface area contributed by atoms with Gasteiger partial charge in [0, 0.05) is 44.6 Å². The Balaban J connectivity index is 0. The summed E-state index contributed by atoms with van der Waals surface area (Å²) in [5.74, 6) is -0.0856. The molecular weight excluding hydrogens is 313 g/mol. The number of hydrogen-bond acceptors (Lipinski definition) is 4. The van der Waals surface area contributed by atoms with Gasteiger partial charge in [0.05, 0.1) is 0 Å². The van der Waals surface area contributed by atoms with Gasteiger partial charge in [0.25, 0.3) is 5.91 Å². The highest BCUT2D eigenvalue weighted by atomic mass is 35.5. The molecule has 0 radical (unpaired) electrons. The fourth-order valence-electron chi connectivity index (χ4n) is 1.73. The van der Waals surface area contributed by atoms with Gasteiger partial charge in [-0.25, -0.2) is 0 Å². The summed E-state index contributed by atoms with van der Waals surface area (Å²) < 4.78 is 5.00. The van der Waals surface area contributed by atoms with Gasteiger partial charge >= 0.3 is 0 Å². The van der Waals surface area contributed by atoms with Crippen LogP contribution in [0.5, 0.6) is 0 Å². The third-order valence-corrected chi connectivity index (χ3v) is 2.82. The van der Waals surface area contributed by atoms with Crippen molar-refractivity contribution in [2.75, 3.05) is 46.1 Å². The molecule has 122 valence electrons. The lowest BCUT2D eigenvalue weighted by molar-refractivity contribution is 0.0949. The van der Waals surface area contributed by atoms with Crippen molar-refractivity contribution in [3.63, 3.8) is 0 Å². The Bertz CT molecular complexity index is 406. The van der Waals surface area contributed by atoms with Gasteiger partial charge in [0.2, 0.25) is 0 Å². The summed E-state index contributed by atoms with van der Waals surface area (Å²) in [6.45, 7) is 3.16. The molecule has 5 nitrogen and oxygen atoms in total. The largest absolute Gasteiger partial charge is 0.399 e. The second-order valence-electron chi connectivity index (χ2n) is 4.53. The molecule has 0 bridgehead atoms. The number of nitrogen functional groups attached to an aromatic ring is 1. The van der Waals surface area contributed by atoms with Crippen LogP contribution in [0.1, 0.15) is 16.8 Å². The highest BCUT2D eigenvalue weighted by molar-refractivity contribution is 5.94. The van der Waals surface area contributed by atoms with E-state index < -0.39 is 0 Å². The topological polar surface area (TPSA) is 67.6 Å². The van der Waals surface area contributed by atoms with Crippen molar-refractivity contribution in [3.05, 3.63) is 29.8 Å². The summed E-state index contributed by atoms with van der Waals surface area (Å²) in [6.07, 6.45) is 0.996. The number of halogens is 2. The van der Waals surface area contributed by atoms with Crippen molar-refractivity contribution < 1.29 is 9.53 Å². The van der Waals surface area contributed by atoms with Crippen LogP contribution in [0.25, 0.3) is 0 Å². The Hall–Kier alpha value is -1.01. The summed E-state index contributed by atoms with van der Waals surface area (Å²) in [5, 5.41) is 2.88. The fourth-order valence-corrected chi connectivity index (χ4v) is 1.73. The molecule has 7 heteroatoms. The SMILES string of the molecule is COCCCN(C)CCNC(=O)c1cccc(N)c1.Cl.Cl. The zero-order valence-electron chi connectivity index (χ0n) is 12.5. The number of nitrogens with zero attached hydrogens (tertiary/aromatic N) is 1. The average molecular weight is 338 g/mol. The molecule has 0 aliphatic carbocycles. The second kappa shape index (κ2) is 12.7. The van der Waals surface area contributed by atoms with Crippen LogP contribution in [-0.4, -0.2) is 51.2 Å². The van der Waals surface area contributed by atoms with Crippen LogP contribution < -0.4 is 11.1 Å². The van der Waals surface area contributed by atoms with Crippen molar-refractivity contribution in [2.45, 2.75) is 6.42 Å². The summed E-state index contributed by atoms with van der Waals surface area (Å²) in [4.78, 5) is 14.0. The number of nitrogens with one attached hydrogen (secondary N) is 1. The van der Waals surface area contributed by atoms with Gasteiger partial charge in [0.1, 0.15) is 0 Å². The van der Waals surface area contributed by atoms with E-state index in [0.29, 0.717) is 17.8 Å². The molecule has 0 fully saturated rings. The minimum absolute atomic E-state index is 0. The number of rotatable bonds is 8. The van der Waals surface area contributed by atoms with Crippen molar-refractivity contribution in [3.8, 4) is 0 Å². The van der Waals surface area contributed by atoms with Crippen LogP contribution in [0.2, 0.25) is 0 Å². The molecular formula is C14H25Cl2N3O2. The minimum atomic E-state index is -0.0856. The summed E-state index contributed by atoms with van der Waals surface area (Å²) >= 11 is 0. The molecule has 1 aromatic carbocycles. The molecule has 1 amide bonds. The Morgan fingerprint density at radius 2 is 2.05 bits per heavy atom.